The number of rotatable bonds is 6. The molecule has 4 N–H and O–H groups in total. The summed E-state index contributed by atoms with van der Waals surface area (Å²) in [6.45, 7) is 4.13. The topological polar surface area (TPSA) is 124 Å². The molecule has 0 radical (unpaired) electrons. The van der Waals surface area contributed by atoms with Crippen molar-refractivity contribution in [2.45, 2.75) is 32.9 Å². The standard InChI is InChI=1S/C13H22N6O3/c1-2-19-9-17-18-10(19)7-15-12(21)16-8-13(11(14)20)3-5-22-6-4-13/h9H,2-8H2,1H3,(H2,14,20)(H2,15,16,21). The highest BCUT2D eigenvalue weighted by Gasteiger charge is 2.38. The van der Waals surface area contributed by atoms with Crippen molar-refractivity contribution >= 4 is 11.9 Å². The van der Waals surface area contributed by atoms with Gasteiger partial charge in [-0.25, -0.2) is 4.79 Å². The van der Waals surface area contributed by atoms with Crippen molar-refractivity contribution in [1.82, 2.24) is 25.4 Å². The van der Waals surface area contributed by atoms with Crippen LogP contribution >= 0.6 is 0 Å². The summed E-state index contributed by atoms with van der Waals surface area (Å²) in [5.74, 6) is 0.273. The predicted molar refractivity (Wildman–Crippen MR) is 77.6 cm³/mol. The van der Waals surface area contributed by atoms with Gasteiger partial charge in [-0.05, 0) is 19.8 Å². The van der Waals surface area contributed by atoms with E-state index in [1.54, 1.807) is 6.33 Å². The number of nitrogens with two attached hydrogens (primary N) is 1. The van der Waals surface area contributed by atoms with Crippen molar-refractivity contribution in [3.63, 3.8) is 0 Å². The Morgan fingerprint density at radius 1 is 1.41 bits per heavy atom. The second kappa shape index (κ2) is 7.21. The Hall–Kier alpha value is -2.16. The van der Waals surface area contributed by atoms with Gasteiger partial charge in [0.2, 0.25) is 5.91 Å². The molecule has 0 unspecified atom stereocenters. The van der Waals surface area contributed by atoms with Crippen molar-refractivity contribution in [2.24, 2.45) is 11.1 Å². The van der Waals surface area contributed by atoms with Crippen LogP contribution in [-0.4, -0.2) is 46.5 Å². The molecule has 3 amide bonds. The number of carbonyl (C=O) groups excluding carboxylic acids is 2. The van der Waals surface area contributed by atoms with Crippen LogP contribution in [0.15, 0.2) is 6.33 Å². The Bertz CT molecular complexity index is 524. The average molecular weight is 310 g/mol. The van der Waals surface area contributed by atoms with Gasteiger partial charge in [-0.2, -0.15) is 0 Å². The monoisotopic (exact) mass is 310 g/mol. The molecule has 122 valence electrons. The van der Waals surface area contributed by atoms with Crippen LogP contribution in [0.25, 0.3) is 0 Å². The second-order valence-electron chi connectivity index (χ2n) is 5.33. The molecule has 2 rings (SSSR count). The molecule has 9 nitrogen and oxygen atoms in total. The molecule has 22 heavy (non-hydrogen) atoms. The summed E-state index contributed by atoms with van der Waals surface area (Å²) in [5.41, 5.74) is 4.77. The van der Waals surface area contributed by atoms with Gasteiger partial charge in [0.25, 0.3) is 0 Å². The van der Waals surface area contributed by atoms with Gasteiger partial charge in [0.15, 0.2) is 5.82 Å². The number of ether oxygens (including phenoxy) is 1. The largest absolute Gasteiger partial charge is 0.381 e. The molecule has 1 aliphatic rings. The molecule has 1 saturated heterocycles. The lowest BCUT2D eigenvalue weighted by atomic mass is 9.79. The minimum Gasteiger partial charge on any atom is -0.381 e. The molecule has 1 aromatic rings. The van der Waals surface area contributed by atoms with Crippen LogP contribution in [0.2, 0.25) is 0 Å². The van der Waals surface area contributed by atoms with E-state index in [9.17, 15) is 9.59 Å². The van der Waals surface area contributed by atoms with Crippen molar-refractivity contribution in [3.05, 3.63) is 12.2 Å². The number of nitrogens with one attached hydrogen (secondary N) is 2. The van der Waals surface area contributed by atoms with Crippen LogP contribution in [0.5, 0.6) is 0 Å². The van der Waals surface area contributed by atoms with Gasteiger partial charge in [0.05, 0.1) is 12.0 Å². The maximum Gasteiger partial charge on any atom is 0.315 e. The summed E-state index contributed by atoms with van der Waals surface area (Å²) >= 11 is 0. The van der Waals surface area contributed by atoms with Crippen LogP contribution in [-0.2, 0) is 22.6 Å². The summed E-state index contributed by atoms with van der Waals surface area (Å²) < 4.78 is 7.09. The van der Waals surface area contributed by atoms with Gasteiger partial charge in [-0.3, -0.25) is 4.79 Å². The minimum atomic E-state index is -0.723. The quantitative estimate of drug-likeness (QED) is 0.646. The summed E-state index contributed by atoms with van der Waals surface area (Å²) in [6.07, 6.45) is 2.65. The van der Waals surface area contributed by atoms with E-state index in [4.69, 9.17) is 10.5 Å². The first-order chi connectivity index (χ1) is 10.6. The highest BCUT2D eigenvalue weighted by Crippen LogP contribution is 2.29. The SMILES string of the molecule is CCn1cnnc1CNC(=O)NCC1(C(N)=O)CCOCC1. The van der Waals surface area contributed by atoms with E-state index < -0.39 is 11.3 Å². The average Bonchev–Trinajstić information content (AvgIpc) is 2.99. The third kappa shape index (κ3) is 3.73. The van der Waals surface area contributed by atoms with E-state index in [1.165, 1.54) is 0 Å². The van der Waals surface area contributed by atoms with E-state index in [0.29, 0.717) is 31.9 Å². The molecule has 0 aromatic carbocycles. The molecule has 0 spiro atoms. The smallest absolute Gasteiger partial charge is 0.315 e. The van der Waals surface area contributed by atoms with Crippen LogP contribution in [0.4, 0.5) is 4.79 Å². The Labute approximate surface area is 128 Å². The van der Waals surface area contributed by atoms with Gasteiger partial charge in [-0.15, -0.1) is 10.2 Å². The lowest BCUT2D eigenvalue weighted by Gasteiger charge is -2.34. The maximum atomic E-state index is 11.9. The first-order valence-corrected chi connectivity index (χ1v) is 7.33. The summed E-state index contributed by atoms with van der Waals surface area (Å²) in [6, 6.07) is -0.363. The number of nitrogens with zero attached hydrogens (tertiary/aromatic N) is 3. The number of urea groups is 1. The number of aryl methyl sites for hydroxylation is 1. The molecule has 0 saturated carbocycles. The highest BCUT2D eigenvalue weighted by atomic mass is 16.5. The zero-order valence-corrected chi connectivity index (χ0v) is 12.7. The molecule has 1 fully saturated rings. The van der Waals surface area contributed by atoms with Crippen LogP contribution in [0, 0.1) is 5.41 Å². The fourth-order valence-corrected chi connectivity index (χ4v) is 2.42. The molecule has 0 bridgehead atoms. The van der Waals surface area contributed by atoms with Crippen molar-refractivity contribution in [1.29, 1.82) is 0 Å². The molecular weight excluding hydrogens is 288 g/mol. The maximum absolute atomic E-state index is 11.9. The Balaban J connectivity index is 1.82. The summed E-state index contributed by atoms with van der Waals surface area (Å²) in [4.78, 5) is 23.6. The first-order valence-electron chi connectivity index (χ1n) is 7.33. The molecular formula is C13H22N6O3. The number of primary amides is 1. The van der Waals surface area contributed by atoms with Crippen LogP contribution < -0.4 is 16.4 Å². The summed E-state index contributed by atoms with van der Waals surface area (Å²) in [7, 11) is 0. The Morgan fingerprint density at radius 3 is 2.77 bits per heavy atom. The molecule has 1 aromatic heterocycles. The van der Waals surface area contributed by atoms with E-state index in [-0.39, 0.29) is 19.1 Å². The Morgan fingerprint density at radius 2 is 2.14 bits per heavy atom. The van der Waals surface area contributed by atoms with Crippen molar-refractivity contribution < 1.29 is 14.3 Å². The lowest BCUT2D eigenvalue weighted by molar-refractivity contribution is -0.132. The third-order valence-corrected chi connectivity index (χ3v) is 4.00. The predicted octanol–water partition coefficient (Wildman–Crippen LogP) is -0.621. The molecule has 0 atom stereocenters. The second-order valence-corrected chi connectivity index (χ2v) is 5.33. The van der Waals surface area contributed by atoms with Crippen LogP contribution in [0.3, 0.4) is 0 Å². The first kappa shape index (κ1) is 16.2. The van der Waals surface area contributed by atoms with E-state index in [0.717, 1.165) is 6.54 Å². The van der Waals surface area contributed by atoms with Gasteiger partial charge in [0, 0.05) is 26.3 Å². The third-order valence-electron chi connectivity index (χ3n) is 4.00. The zero-order chi connectivity index (χ0) is 16.0. The molecule has 2 heterocycles. The molecule has 1 aliphatic heterocycles. The fraction of sp³-hybridized carbons (Fsp3) is 0.692. The van der Waals surface area contributed by atoms with Gasteiger partial charge in [0.1, 0.15) is 6.33 Å². The highest BCUT2D eigenvalue weighted by molar-refractivity contribution is 5.82. The molecule has 0 aliphatic carbocycles. The van der Waals surface area contributed by atoms with Crippen molar-refractivity contribution in [3.8, 4) is 0 Å². The number of aromatic nitrogens is 3. The van der Waals surface area contributed by atoms with Gasteiger partial charge in [-0.1, -0.05) is 0 Å². The van der Waals surface area contributed by atoms with Gasteiger partial charge < -0.3 is 25.7 Å². The van der Waals surface area contributed by atoms with Gasteiger partial charge >= 0.3 is 6.03 Å². The van der Waals surface area contributed by atoms with E-state index in [1.807, 2.05) is 11.5 Å². The number of hydrogen-bond donors (Lipinski definition) is 3. The molecule has 9 heteroatoms. The summed E-state index contributed by atoms with van der Waals surface area (Å²) in [5, 5.41) is 13.1. The number of carbonyl (C=O) groups is 2. The van der Waals surface area contributed by atoms with Crippen molar-refractivity contribution in [2.75, 3.05) is 19.8 Å². The normalized spacial score (nSPS) is 17.0. The zero-order valence-electron chi connectivity index (χ0n) is 12.7. The van der Waals surface area contributed by atoms with Crippen LogP contribution in [0.1, 0.15) is 25.6 Å². The fourth-order valence-electron chi connectivity index (χ4n) is 2.42. The Kier molecular flexibility index (Phi) is 5.31. The lowest BCUT2D eigenvalue weighted by Crippen LogP contribution is -2.51. The number of hydrogen-bond acceptors (Lipinski definition) is 5. The van der Waals surface area contributed by atoms with E-state index in [2.05, 4.69) is 20.8 Å². The minimum absolute atomic E-state index is 0.206. The number of amides is 3. The van der Waals surface area contributed by atoms with E-state index >= 15 is 0 Å².